The van der Waals surface area contributed by atoms with E-state index < -0.39 is 21.0 Å². The zero-order valence-electron chi connectivity index (χ0n) is 30.7. The molecule has 5 aliphatic rings. The Labute approximate surface area is 292 Å². The first kappa shape index (κ1) is 36.8. The van der Waals surface area contributed by atoms with Crippen LogP contribution in [0.3, 0.4) is 0 Å². The van der Waals surface area contributed by atoms with Gasteiger partial charge in [0.05, 0.1) is 12.2 Å². The Balaban J connectivity index is 1.32. The monoisotopic (exact) mass is 706 g/mol. The fraction of sp³-hybridized carbons (Fsp3) is 0.775. The summed E-state index contributed by atoms with van der Waals surface area (Å²) in [5.41, 5.74) is -5.94. The van der Waals surface area contributed by atoms with E-state index in [4.69, 9.17) is 8.92 Å². The molecule has 9 heteroatoms. The summed E-state index contributed by atoms with van der Waals surface area (Å²) in [6.45, 7) is 18.6. The number of carbonyl (C=O) groups excluding carboxylic acids is 1. The van der Waals surface area contributed by atoms with Crippen LogP contribution in [0.4, 0.5) is 13.2 Å². The molecule has 0 heterocycles. The Morgan fingerprint density at radius 2 is 1.55 bits per heavy atom. The van der Waals surface area contributed by atoms with Crippen LogP contribution in [-0.2, 0) is 19.0 Å². The zero-order valence-corrected chi connectivity index (χ0v) is 31.5. The topological polar surface area (TPSA) is 69.7 Å². The molecule has 4 saturated carbocycles. The maximum Gasteiger partial charge on any atom is 0.534 e. The van der Waals surface area contributed by atoms with Crippen molar-refractivity contribution in [1.29, 1.82) is 0 Å². The molecule has 0 radical (unpaired) electrons. The van der Waals surface area contributed by atoms with E-state index in [1.54, 1.807) is 6.08 Å². The van der Waals surface area contributed by atoms with Gasteiger partial charge in [-0.25, -0.2) is 4.79 Å². The number of halogens is 3. The molecule has 5 nitrogen and oxygen atoms in total. The van der Waals surface area contributed by atoms with Crippen LogP contribution in [0, 0.1) is 68.5 Å². The molecule has 1 unspecified atom stereocenters. The lowest BCUT2D eigenvalue weighted by Crippen LogP contribution is -2.66. The molecule has 0 spiro atoms. The van der Waals surface area contributed by atoms with Crippen molar-refractivity contribution in [1.82, 2.24) is 0 Å². The number of carbonyl (C=O) groups is 1. The van der Waals surface area contributed by atoms with Crippen molar-refractivity contribution in [2.24, 2.45) is 68.5 Å². The van der Waals surface area contributed by atoms with Crippen LogP contribution in [0.25, 0.3) is 0 Å². The molecule has 4 fully saturated rings. The number of fused-ring (bicyclic) bond motifs is 7. The van der Waals surface area contributed by atoms with Gasteiger partial charge in [0, 0.05) is 10.8 Å². The minimum atomic E-state index is -5.75. The first-order valence-electron chi connectivity index (χ1n) is 18.6. The molecular weight excluding hydrogens is 649 g/mol. The average molecular weight is 707 g/mol. The largest absolute Gasteiger partial charge is 0.534 e. The fourth-order valence-electron chi connectivity index (χ4n) is 12.9. The highest BCUT2D eigenvalue weighted by Gasteiger charge is 2.71. The van der Waals surface area contributed by atoms with E-state index in [2.05, 4.69) is 41.5 Å². The molecule has 1 aromatic rings. The van der Waals surface area contributed by atoms with Crippen molar-refractivity contribution in [2.75, 3.05) is 6.61 Å². The number of esters is 1. The highest BCUT2D eigenvalue weighted by atomic mass is 32.2. The summed E-state index contributed by atoms with van der Waals surface area (Å²) in [5.74, 6) is 2.59. The molecule has 0 amide bonds. The van der Waals surface area contributed by atoms with Crippen LogP contribution in [-0.4, -0.2) is 26.5 Å². The molecule has 49 heavy (non-hydrogen) atoms. The molecule has 274 valence electrons. The second-order valence-electron chi connectivity index (χ2n) is 18.3. The number of alkyl halides is 3. The highest BCUT2D eigenvalue weighted by molar-refractivity contribution is 7.87. The molecule has 0 aromatic heterocycles. The first-order valence-corrected chi connectivity index (χ1v) is 20.0. The lowest BCUT2D eigenvalue weighted by molar-refractivity contribution is -0.234. The third kappa shape index (κ3) is 5.51. The Hall–Kier alpha value is -2.03. The quantitative estimate of drug-likeness (QED) is 0.160. The summed E-state index contributed by atoms with van der Waals surface area (Å²) in [7, 11) is -5.75. The van der Waals surface area contributed by atoms with E-state index in [0.29, 0.717) is 54.1 Å². The number of rotatable bonds is 7. The summed E-state index contributed by atoms with van der Waals surface area (Å²) in [5, 5.41) is 0. The van der Waals surface area contributed by atoms with Crippen molar-refractivity contribution < 1.29 is 35.3 Å². The summed E-state index contributed by atoms with van der Waals surface area (Å²) in [4.78, 5) is 13.2. The minimum Gasteiger partial charge on any atom is -0.461 e. The Morgan fingerprint density at radius 1 is 0.878 bits per heavy atom. The Bertz CT molecular complexity index is 1570. The van der Waals surface area contributed by atoms with Gasteiger partial charge in [-0.1, -0.05) is 73.6 Å². The van der Waals surface area contributed by atoms with E-state index in [1.165, 1.54) is 0 Å². The molecular formula is C40H57F3O5S. The summed E-state index contributed by atoms with van der Waals surface area (Å²) in [6.07, 6.45) is 10.3. The van der Waals surface area contributed by atoms with E-state index >= 15 is 0 Å². The second-order valence-corrected chi connectivity index (χ2v) is 19.8. The summed E-state index contributed by atoms with van der Waals surface area (Å²) < 4.78 is 75.4. The van der Waals surface area contributed by atoms with Gasteiger partial charge in [-0.05, 0) is 134 Å². The van der Waals surface area contributed by atoms with E-state index in [-0.39, 0.29) is 39.3 Å². The van der Waals surface area contributed by atoms with Crippen LogP contribution in [0.5, 0.6) is 0 Å². The van der Waals surface area contributed by atoms with Crippen molar-refractivity contribution in [3.05, 3.63) is 47.7 Å². The van der Waals surface area contributed by atoms with E-state index in [0.717, 1.165) is 51.4 Å². The average Bonchev–Trinajstić information content (AvgIpc) is 3.41. The molecule has 6 rings (SSSR count). The maximum absolute atomic E-state index is 13.4. The van der Waals surface area contributed by atoms with Gasteiger partial charge in [0.1, 0.15) is 5.76 Å². The maximum atomic E-state index is 13.4. The number of ether oxygens (including phenoxy) is 1. The predicted molar refractivity (Wildman–Crippen MR) is 184 cm³/mol. The van der Waals surface area contributed by atoms with Crippen LogP contribution >= 0.6 is 0 Å². The predicted octanol–water partition coefficient (Wildman–Crippen LogP) is 10.6. The highest BCUT2D eigenvalue weighted by Crippen LogP contribution is 2.77. The summed E-state index contributed by atoms with van der Waals surface area (Å²) >= 11 is 0. The number of benzene rings is 1. The Kier molecular flexibility index (Phi) is 9.01. The van der Waals surface area contributed by atoms with Crippen LogP contribution in [0.1, 0.15) is 124 Å². The first-order chi connectivity index (χ1) is 22.6. The minimum absolute atomic E-state index is 0.00256. The van der Waals surface area contributed by atoms with Crippen molar-refractivity contribution >= 4 is 16.1 Å². The molecule has 0 aliphatic heterocycles. The molecule has 5 aliphatic carbocycles. The molecule has 10 atom stereocenters. The van der Waals surface area contributed by atoms with Gasteiger partial charge in [0.15, 0.2) is 0 Å². The third-order valence-corrected chi connectivity index (χ3v) is 16.8. The van der Waals surface area contributed by atoms with Gasteiger partial charge in [0.2, 0.25) is 0 Å². The summed E-state index contributed by atoms with van der Waals surface area (Å²) in [6, 6.07) is 9.28. The van der Waals surface area contributed by atoms with Crippen molar-refractivity contribution in [3.63, 3.8) is 0 Å². The molecule has 0 saturated heterocycles. The molecule has 1 aromatic carbocycles. The van der Waals surface area contributed by atoms with Crippen molar-refractivity contribution in [2.45, 2.75) is 119 Å². The lowest BCUT2D eigenvalue weighted by Gasteiger charge is -2.72. The zero-order chi connectivity index (χ0) is 36.0. The fourth-order valence-corrected chi connectivity index (χ4v) is 13.5. The second kappa shape index (κ2) is 12.0. The van der Waals surface area contributed by atoms with E-state index in [1.807, 2.05) is 44.2 Å². The van der Waals surface area contributed by atoms with Gasteiger partial charge in [-0.15, -0.1) is 0 Å². The smallest absolute Gasteiger partial charge is 0.461 e. The van der Waals surface area contributed by atoms with Gasteiger partial charge in [-0.3, -0.25) is 0 Å². The third-order valence-electron chi connectivity index (χ3n) is 15.9. The standard InChI is InChI=1S/C40H57F3O5S/c1-25(2)26(3)28-16-21-39(24-47-34(44)27-12-10-9-11-13-27)23-22-37(7)29(33(28)39)14-15-31-36(6)19-18-32(48-49(45,46)40(41,42)43)35(4,5)30(36)17-20-38(31,37)8/h9-13,18,25-26,28-31,33H,14-17,19-24H2,1-8H3/t26?,28-,29+,30-,31+,33+,36-,37+,38+,39+/m0/s1. The van der Waals surface area contributed by atoms with Crippen molar-refractivity contribution in [3.8, 4) is 0 Å². The van der Waals surface area contributed by atoms with Gasteiger partial charge in [0.25, 0.3) is 0 Å². The van der Waals surface area contributed by atoms with E-state index in [9.17, 15) is 26.4 Å². The molecule has 0 bridgehead atoms. The van der Waals surface area contributed by atoms with Crippen LogP contribution in [0.2, 0.25) is 0 Å². The normalized spacial score (nSPS) is 40.7. The van der Waals surface area contributed by atoms with Gasteiger partial charge < -0.3 is 8.92 Å². The van der Waals surface area contributed by atoms with Gasteiger partial charge >= 0.3 is 21.6 Å². The SMILES string of the molecule is CC(C)C(C)[C@@H]1CC[C@]2(COC(=O)c3ccccc3)CC[C@]3(C)[C@H](CC[C@@H]4[C@@]5(C)CC=C(OS(=O)(=O)C(F)(F)F)C(C)(C)[C@@H]5CC[C@]43C)[C@@H]12. The van der Waals surface area contributed by atoms with Crippen LogP contribution < -0.4 is 0 Å². The number of hydrogen-bond acceptors (Lipinski definition) is 5. The lowest BCUT2D eigenvalue weighted by atomic mass is 9.32. The Morgan fingerprint density at radius 3 is 2.18 bits per heavy atom. The molecule has 0 N–H and O–H groups in total. The number of allylic oxidation sites excluding steroid dienone is 2. The number of hydrogen-bond donors (Lipinski definition) is 0. The van der Waals surface area contributed by atoms with Crippen LogP contribution in [0.15, 0.2) is 42.2 Å². The van der Waals surface area contributed by atoms with Gasteiger partial charge in [-0.2, -0.15) is 21.6 Å².